The van der Waals surface area contributed by atoms with Gasteiger partial charge in [0.05, 0.1) is 6.10 Å². The molecule has 0 aromatic carbocycles. The molecule has 0 radical (unpaired) electrons. The lowest BCUT2D eigenvalue weighted by atomic mass is 9.73. The molecule has 0 amide bonds. The first-order valence-electron chi connectivity index (χ1n) is 3.82. The van der Waals surface area contributed by atoms with Crippen LogP contribution in [0.5, 0.6) is 0 Å². The van der Waals surface area contributed by atoms with Crippen LogP contribution < -0.4 is 0 Å². The number of hydrogen-bond donors (Lipinski definition) is 2. The first kappa shape index (κ1) is 8.78. The first-order valence-corrected chi connectivity index (χ1v) is 3.82. The first-order chi connectivity index (χ1) is 5.24. The minimum atomic E-state index is -1.27. The summed E-state index contributed by atoms with van der Waals surface area (Å²) < 4.78 is 5.11. The summed E-state index contributed by atoms with van der Waals surface area (Å²) in [7, 11) is 0.409. The third kappa shape index (κ3) is 2.32. The molecule has 0 saturated carbocycles. The van der Waals surface area contributed by atoms with Crippen LogP contribution in [-0.4, -0.2) is 30.4 Å². The second kappa shape index (κ2) is 3.90. The summed E-state index contributed by atoms with van der Waals surface area (Å²) in [4.78, 5) is 0. The highest BCUT2D eigenvalue weighted by atomic mass is 16.5. The normalized spacial score (nSPS) is 24.6. The zero-order valence-corrected chi connectivity index (χ0v) is 6.66. The summed E-state index contributed by atoms with van der Waals surface area (Å²) in [6.45, 7) is 0. The van der Waals surface area contributed by atoms with E-state index in [1.54, 1.807) is 7.11 Å². The molecule has 3 nitrogen and oxygen atoms in total. The van der Waals surface area contributed by atoms with E-state index in [1.807, 2.05) is 6.08 Å². The highest BCUT2D eigenvalue weighted by molar-refractivity contribution is 6.50. The summed E-state index contributed by atoms with van der Waals surface area (Å²) in [5.41, 5.74) is 0.721. The maximum Gasteiger partial charge on any atom is 0.483 e. The monoisotopic (exact) mass is 156 g/mol. The van der Waals surface area contributed by atoms with Crippen LogP contribution >= 0.6 is 0 Å². The molecule has 0 heterocycles. The van der Waals surface area contributed by atoms with Gasteiger partial charge in [-0.1, -0.05) is 6.08 Å². The van der Waals surface area contributed by atoms with Crippen molar-refractivity contribution < 1.29 is 14.8 Å². The highest BCUT2D eigenvalue weighted by Gasteiger charge is 2.20. The largest absolute Gasteiger partial charge is 0.483 e. The average Bonchev–Trinajstić information content (AvgIpc) is 2.05. The van der Waals surface area contributed by atoms with Gasteiger partial charge in [0.2, 0.25) is 0 Å². The molecule has 0 bridgehead atoms. The predicted molar refractivity (Wildman–Crippen MR) is 42.9 cm³/mol. The van der Waals surface area contributed by atoms with Gasteiger partial charge in [-0.2, -0.15) is 0 Å². The average molecular weight is 156 g/mol. The van der Waals surface area contributed by atoms with E-state index in [9.17, 15) is 0 Å². The topological polar surface area (TPSA) is 49.7 Å². The Morgan fingerprint density at radius 2 is 2.36 bits per heavy atom. The van der Waals surface area contributed by atoms with Gasteiger partial charge in [0, 0.05) is 7.11 Å². The molecule has 1 aliphatic rings. The van der Waals surface area contributed by atoms with Crippen LogP contribution in [0.15, 0.2) is 11.5 Å². The van der Waals surface area contributed by atoms with Gasteiger partial charge in [0.25, 0.3) is 0 Å². The minimum Gasteiger partial charge on any atom is -0.423 e. The summed E-state index contributed by atoms with van der Waals surface area (Å²) >= 11 is 0. The lowest BCUT2D eigenvalue weighted by Crippen LogP contribution is -2.22. The van der Waals surface area contributed by atoms with E-state index in [4.69, 9.17) is 14.8 Å². The van der Waals surface area contributed by atoms with Crippen molar-refractivity contribution in [3.05, 3.63) is 11.5 Å². The van der Waals surface area contributed by atoms with Gasteiger partial charge in [-0.15, -0.1) is 0 Å². The van der Waals surface area contributed by atoms with Gasteiger partial charge in [0.15, 0.2) is 0 Å². The maximum absolute atomic E-state index is 8.78. The molecule has 1 unspecified atom stereocenters. The Balaban J connectivity index is 2.44. The van der Waals surface area contributed by atoms with E-state index in [0.717, 1.165) is 24.7 Å². The van der Waals surface area contributed by atoms with Crippen LogP contribution in [0, 0.1) is 0 Å². The second-order valence-corrected chi connectivity index (χ2v) is 2.78. The lowest BCUT2D eigenvalue weighted by Gasteiger charge is -2.19. The van der Waals surface area contributed by atoms with Crippen molar-refractivity contribution in [1.29, 1.82) is 0 Å². The van der Waals surface area contributed by atoms with Crippen LogP contribution in [0.1, 0.15) is 19.3 Å². The number of methoxy groups -OCH3 is 1. The standard InChI is InChI=1S/C7H13BO3/c1-11-7-4-2-6(3-5-7)8(9)10/h2,7,9-10H,3-5H2,1H3. The second-order valence-electron chi connectivity index (χ2n) is 2.78. The Morgan fingerprint density at radius 3 is 2.73 bits per heavy atom. The van der Waals surface area contributed by atoms with Crippen LogP contribution in [0.4, 0.5) is 0 Å². The highest BCUT2D eigenvalue weighted by Crippen LogP contribution is 2.20. The zero-order valence-electron chi connectivity index (χ0n) is 6.66. The smallest absolute Gasteiger partial charge is 0.423 e. The summed E-state index contributed by atoms with van der Waals surface area (Å²) in [6.07, 6.45) is 4.53. The fourth-order valence-corrected chi connectivity index (χ4v) is 1.28. The lowest BCUT2D eigenvalue weighted by molar-refractivity contribution is 0.0944. The molecule has 0 aliphatic heterocycles. The number of hydrogen-bond acceptors (Lipinski definition) is 3. The summed E-state index contributed by atoms with van der Waals surface area (Å²) in [5, 5.41) is 17.6. The van der Waals surface area contributed by atoms with Gasteiger partial charge < -0.3 is 14.8 Å². The Kier molecular flexibility index (Phi) is 3.11. The van der Waals surface area contributed by atoms with Crippen LogP contribution in [-0.2, 0) is 4.74 Å². The Morgan fingerprint density at radius 1 is 1.64 bits per heavy atom. The van der Waals surface area contributed by atoms with Crippen molar-refractivity contribution in [2.24, 2.45) is 0 Å². The van der Waals surface area contributed by atoms with Gasteiger partial charge in [0.1, 0.15) is 0 Å². The van der Waals surface area contributed by atoms with Crippen LogP contribution in [0.2, 0.25) is 0 Å². The molecule has 0 fully saturated rings. The van der Waals surface area contributed by atoms with Gasteiger partial charge in [-0.05, 0) is 24.7 Å². The molecule has 0 spiro atoms. The Labute approximate surface area is 66.8 Å². The van der Waals surface area contributed by atoms with E-state index < -0.39 is 7.12 Å². The SMILES string of the molecule is COC1CC=C(B(O)O)CC1. The van der Waals surface area contributed by atoms with E-state index in [1.165, 1.54) is 0 Å². The summed E-state index contributed by atoms with van der Waals surface area (Å²) in [6, 6.07) is 0. The molecule has 11 heavy (non-hydrogen) atoms. The summed E-state index contributed by atoms with van der Waals surface area (Å²) in [5.74, 6) is 0. The third-order valence-electron chi connectivity index (χ3n) is 2.06. The van der Waals surface area contributed by atoms with Gasteiger partial charge in [-0.25, -0.2) is 0 Å². The fourth-order valence-electron chi connectivity index (χ4n) is 1.28. The quantitative estimate of drug-likeness (QED) is 0.558. The van der Waals surface area contributed by atoms with Crippen molar-refractivity contribution in [3.63, 3.8) is 0 Å². The predicted octanol–water partition coefficient (Wildman–Crippen LogP) is 0.124. The number of rotatable bonds is 2. The van der Waals surface area contributed by atoms with Gasteiger partial charge in [-0.3, -0.25) is 0 Å². The van der Waals surface area contributed by atoms with Crippen molar-refractivity contribution in [3.8, 4) is 0 Å². The van der Waals surface area contributed by atoms with Crippen LogP contribution in [0.25, 0.3) is 0 Å². The van der Waals surface area contributed by atoms with Crippen molar-refractivity contribution in [2.45, 2.75) is 25.4 Å². The minimum absolute atomic E-state index is 0.262. The number of ether oxygens (including phenoxy) is 1. The molecule has 0 aromatic heterocycles. The zero-order chi connectivity index (χ0) is 8.27. The van der Waals surface area contributed by atoms with Crippen molar-refractivity contribution >= 4 is 7.12 Å². The Hall–Kier alpha value is -0.315. The molecule has 2 N–H and O–H groups in total. The van der Waals surface area contributed by atoms with E-state index in [2.05, 4.69) is 0 Å². The van der Waals surface area contributed by atoms with E-state index >= 15 is 0 Å². The molecule has 0 aromatic rings. The Bertz CT molecular complexity index is 156. The maximum atomic E-state index is 8.78. The van der Waals surface area contributed by atoms with E-state index in [0.29, 0.717) is 0 Å². The molecular formula is C7H13BO3. The van der Waals surface area contributed by atoms with Crippen LogP contribution in [0.3, 0.4) is 0 Å². The van der Waals surface area contributed by atoms with E-state index in [-0.39, 0.29) is 6.10 Å². The van der Waals surface area contributed by atoms with Crippen molar-refractivity contribution in [1.82, 2.24) is 0 Å². The van der Waals surface area contributed by atoms with Crippen molar-refractivity contribution in [2.75, 3.05) is 7.11 Å². The molecule has 1 rings (SSSR count). The molecule has 0 saturated heterocycles. The third-order valence-corrected chi connectivity index (χ3v) is 2.06. The fraction of sp³-hybridized carbons (Fsp3) is 0.714. The number of allylic oxidation sites excluding steroid dienone is 1. The molecular weight excluding hydrogens is 143 g/mol. The molecule has 4 heteroatoms. The van der Waals surface area contributed by atoms with Gasteiger partial charge >= 0.3 is 7.12 Å². The molecule has 1 aliphatic carbocycles. The molecule has 62 valence electrons. The molecule has 1 atom stereocenters.